The molecule has 0 aliphatic heterocycles. The van der Waals surface area contributed by atoms with Crippen molar-refractivity contribution in [2.24, 2.45) is 0 Å². The lowest BCUT2D eigenvalue weighted by Crippen LogP contribution is -2.09. The minimum absolute atomic E-state index is 0.0465. The van der Waals surface area contributed by atoms with Crippen LogP contribution in [0.4, 0.5) is 10.1 Å². The summed E-state index contributed by atoms with van der Waals surface area (Å²) in [6, 6.07) is 4.83. The molecular weight excluding hydrogens is 329 g/mol. The Morgan fingerprint density at radius 2 is 1.69 bits per heavy atom. The molecule has 0 saturated heterocycles. The van der Waals surface area contributed by atoms with Crippen LogP contribution in [0.25, 0.3) is 0 Å². The average Bonchev–Trinajstić information content (AvgIpc) is 2.64. The Kier molecular flexibility index (Phi) is 12.5. The summed E-state index contributed by atoms with van der Waals surface area (Å²) in [6.07, 6.45) is 10.3. The standard InChI is InChI=1S/C21H36FN3O/c1-3-4-5-6-10-15-25-20-13-12-18(17-19(20)22)21(23)26-16-11-8-7-9-14-24-2/h12-13,17,23-25H,3-11,14-16H2,1-2H3. The van der Waals surface area contributed by atoms with Gasteiger partial charge in [0.1, 0.15) is 5.82 Å². The topological polar surface area (TPSA) is 57.1 Å². The number of rotatable bonds is 15. The normalized spacial score (nSPS) is 10.7. The summed E-state index contributed by atoms with van der Waals surface area (Å²) in [4.78, 5) is 0. The van der Waals surface area contributed by atoms with E-state index in [1.807, 2.05) is 7.05 Å². The van der Waals surface area contributed by atoms with Crippen LogP contribution >= 0.6 is 0 Å². The maximum atomic E-state index is 14.2. The average molecular weight is 366 g/mol. The lowest BCUT2D eigenvalue weighted by atomic mass is 10.1. The molecule has 0 unspecified atom stereocenters. The van der Waals surface area contributed by atoms with Crippen LogP contribution in [0.2, 0.25) is 0 Å². The number of anilines is 1. The third-order valence-electron chi connectivity index (χ3n) is 4.39. The second-order valence-corrected chi connectivity index (χ2v) is 6.73. The van der Waals surface area contributed by atoms with Crippen LogP contribution in [-0.4, -0.2) is 32.6 Å². The summed E-state index contributed by atoms with van der Waals surface area (Å²) in [5.74, 6) is -0.276. The number of ether oxygens (including phenoxy) is 1. The molecular formula is C21H36FN3O. The molecule has 1 rings (SSSR count). The van der Waals surface area contributed by atoms with E-state index in [0.717, 1.165) is 45.2 Å². The van der Waals surface area contributed by atoms with Crippen LogP contribution in [-0.2, 0) is 4.74 Å². The van der Waals surface area contributed by atoms with Gasteiger partial charge < -0.3 is 15.4 Å². The van der Waals surface area contributed by atoms with Crippen molar-refractivity contribution >= 4 is 11.6 Å². The molecule has 0 aliphatic rings. The first kappa shape index (κ1) is 22.4. The van der Waals surface area contributed by atoms with Crippen LogP contribution in [0.5, 0.6) is 0 Å². The maximum absolute atomic E-state index is 14.2. The molecule has 3 N–H and O–H groups in total. The number of hydrogen-bond acceptors (Lipinski definition) is 4. The zero-order chi connectivity index (χ0) is 19.0. The molecule has 1 aromatic rings. The van der Waals surface area contributed by atoms with Crippen molar-refractivity contribution in [1.82, 2.24) is 5.32 Å². The fourth-order valence-corrected chi connectivity index (χ4v) is 2.77. The van der Waals surface area contributed by atoms with E-state index in [1.165, 1.54) is 31.7 Å². The van der Waals surface area contributed by atoms with Crippen molar-refractivity contribution in [3.8, 4) is 0 Å². The lowest BCUT2D eigenvalue weighted by molar-refractivity contribution is 0.290. The largest absolute Gasteiger partial charge is 0.478 e. The number of nitrogens with one attached hydrogen (secondary N) is 3. The third kappa shape index (κ3) is 9.76. The van der Waals surface area contributed by atoms with E-state index in [1.54, 1.807) is 12.1 Å². The molecule has 1 aromatic carbocycles. The van der Waals surface area contributed by atoms with Gasteiger partial charge in [-0.05, 0) is 51.1 Å². The van der Waals surface area contributed by atoms with Gasteiger partial charge in [0.05, 0.1) is 12.3 Å². The summed E-state index contributed by atoms with van der Waals surface area (Å²) in [7, 11) is 1.96. The molecule has 0 aliphatic carbocycles. The summed E-state index contributed by atoms with van der Waals surface area (Å²) in [6.45, 7) is 4.52. The number of benzene rings is 1. The van der Waals surface area contributed by atoms with Gasteiger partial charge in [0.25, 0.3) is 0 Å². The second-order valence-electron chi connectivity index (χ2n) is 6.73. The maximum Gasteiger partial charge on any atom is 0.213 e. The Bertz CT molecular complexity index is 508. The predicted molar refractivity (Wildman–Crippen MR) is 109 cm³/mol. The van der Waals surface area contributed by atoms with Crippen molar-refractivity contribution < 1.29 is 9.13 Å². The fourth-order valence-electron chi connectivity index (χ4n) is 2.77. The molecule has 5 heteroatoms. The molecule has 148 valence electrons. The summed E-state index contributed by atoms with van der Waals surface area (Å²) in [5.41, 5.74) is 0.993. The highest BCUT2D eigenvalue weighted by Crippen LogP contribution is 2.17. The minimum Gasteiger partial charge on any atom is -0.478 e. The monoisotopic (exact) mass is 365 g/mol. The van der Waals surface area contributed by atoms with Crippen LogP contribution in [0.15, 0.2) is 18.2 Å². The number of unbranched alkanes of at least 4 members (excludes halogenated alkanes) is 7. The Morgan fingerprint density at radius 1 is 1.00 bits per heavy atom. The Hall–Kier alpha value is -1.62. The Balaban J connectivity index is 2.26. The van der Waals surface area contributed by atoms with Crippen molar-refractivity contribution in [1.29, 1.82) is 5.41 Å². The smallest absolute Gasteiger partial charge is 0.213 e. The first-order valence-electron chi connectivity index (χ1n) is 10.1. The van der Waals surface area contributed by atoms with Gasteiger partial charge >= 0.3 is 0 Å². The molecule has 0 fully saturated rings. The summed E-state index contributed by atoms with van der Waals surface area (Å²) < 4.78 is 19.6. The fraction of sp³-hybridized carbons (Fsp3) is 0.667. The lowest BCUT2D eigenvalue weighted by Gasteiger charge is -2.11. The van der Waals surface area contributed by atoms with Gasteiger partial charge in [-0.15, -0.1) is 0 Å². The van der Waals surface area contributed by atoms with Crippen LogP contribution in [0.3, 0.4) is 0 Å². The van der Waals surface area contributed by atoms with Gasteiger partial charge in [-0.1, -0.05) is 45.4 Å². The molecule has 0 spiro atoms. The number of hydrogen-bond donors (Lipinski definition) is 3. The van der Waals surface area contributed by atoms with E-state index < -0.39 is 0 Å². The van der Waals surface area contributed by atoms with Gasteiger partial charge in [0.2, 0.25) is 5.90 Å². The Labute approximate surface area is 158 Å². The first-order chi connectivity index (χ1) is 12.7. The molecule has 0 radical (unpaired) electrons. The molecule has 0 heterocycles. The third-order valence-corrected chi connectivity index (χ3v) is 4.39. The van der Waals surface area contributed by atoms with Crippen molar-refractivity contribution in [2.45, 2.75) is 64.7 Å². The summed E-state index contributed by atoms with van der Waals surface area (Å²) in [5, 5.41) is 14.2. The molecule has 4 nitrogen and oxygen atoms in total. The minimum atomic E-state index is -0.323. The molecule has 0 bridgehead atoms. The highest BCUT2D eigenvalue weighted by molar-refractivity contribution is 5.92. The van der Waals surface area contributed by atoms with Crippen molar-refractivity contribution in [2.75, 3.05) is 32.1 Å². The van der Waals surface area contributed by atoms with Crippen LogP contribution in [0.1, 0.15) is 70.3 Å². The molecule has 26 heavy (non-hydrogen) atoms. The van der Waals surface area contributed by atoms with Gasteiger partial charge in [0, 0.05) is 12.1 Å². The second kappa shape index (κ2) is 14.5. The Morgan fingerprint density at radius 3 is 2.38 bits per heavy atom. The highest BCUT2D eigenvalue weighted by atomic mass is 19.1. The highest BCUT2D eigenvalue weighted by Gasteiger charge is 2.08. The van der Waals surface area contributed by atoms with E-state index in [0.29, 0.717) is 17.9 Å². The van der Waals surface area contributed by atoms with Crippen LogP contribution < -0.4 is 10.6 Å². The van der Waals surface area contributed by atoms with Gasteiger partial charge in [-0.25, -0.2) is 4.39 Å². The zero-order valence-corrected chi connectivity index (χ0v) is 16.5. The van der Waals surface area contributed by atoms with E-state index in [9.17, 15) is 4.39 Å². The van der Waals surface area contributed by atoms with Crippen LogP contribution in [0, 0.1) is 11.2 Å². The summed E-state index contributed by atoms with van der Waals surface area (Å²) >= 11 is 0. The van der Waals surface area contributed by atoms with Crippen molar-refractivity contribution in [3.05, 3.63) is 29.6 Å². The molecule has 0 amide bonds. The predicted octanol–water partition coefficient (Wildman–Crippen LogP) is 5.33. The van der Waals surface area contributed by atoms with Gasteiger partial charge in [-0.2, -0.15) is 0 Å². The first-order valence-corrected chi connectivity index (χ1v) is 10.1. The SMILES string of the molecule is CCCCCCCNc1ccc(C(=N)OCCCCCCNC)cc1F. The zero-order valence-electron chi connectivity index (χ0n) is 16.5. The van der Waals surface area contributed by atoms with Gasteiger partial charge in [0.15, 0.2) is 0 Å². The quantitative estimate of drug-likeness (QED) is 0.224. The van der Waals surface area contributed by atoms with Crippen molar-refractivity contribution in [3.63, 3.8) is 0 Å². The van der Waals surface area contributed by atoms with E-state index in [2.05, 4.69) is 17.6 Å². The molecule has 0 atom stereocenters. The van der Waals surface area contributed by atoms with E-state index in [4.69, 9.17) is 10.1 Å². The van der Waals surface area contributed by atoms with E-state index in [-0.39, 0.29) is 11.7 Å². The molecule has 0 aromatic heterocycles. The molecule has 0 saturated carbocycles. The van der Waals surface area contributed by atoms with Gasteiger partial charge in [-0.3, -0.25) is 5.41 Å². The van der Waals surface area contributed by atoms with E-state index >= 15 is 0 Å². The number of halogens is 1.